The summed E-state index contributed by atoms with van der Waals surface area (Å²) in [4.78, 5) is 13.3. The van der Waals surface area contributed by atoms with Crippen molar-refractivity contribution in [2.75, 3.05) is 20.2 Å². The van der Waals surface area contributed by atoms with Crippen molar-refractivity contribution >= 4 is 5.97 Å². The van der Waals surface area contributed by atoms with E-state index in [0.29, 0.717) is 13.2 Å². The molecule has 3 nitrogen and oxygen atoms in total. The van der Waals surface area contributed by atoms with Crippen LogP contribution in [-0.2, 0) is 16.1 Å². The molecule has 0 spiro atoms. The van der Waals surface area contributed by atoms with Gasteiger partial charge in [0.25, 0.3) is 0 Å². The van der Waals surface area contributed by atoms with Crippen LogP contribution in [0.1, 0.15) is 23.6 Å². The first kappa shape index (κ1) is 13.7. The SMILES string of the molecule is CCOC(=O)CN(C)Cc1ccc(C)cc1C. The summed E-state index contributed by atoms with van der Waals surface area (Å²) in [6, 6.07) is 6.38. The Balaban J connectivity index is 2.55. The summed E-state index contributed by atoms with van der Waals surface area (Å²) in [6.45, 7) is 7.55. The zero-order valence-corrected chi connectivity index (χ0v) is 11.1. The van der Waals surface area contributed by atoms with Crippen molar-refractivity contribution in [2.24, 2.45) is 0 Å². The average molecular weight is 235 g/mol. The van der Waals surface area contributed by atoms with Crippen molar-refractivity contribution < 1.29 is 9.53 Å². The number of ether oxygens (including phenoxy) is 1. The average Bonchev–Trinajstić information content (AvgIpc) is 2.22. The first-order valence-corrected chi connectivity index (χ1v) is 5.93. The van der Waals surface area contributed by atoms with Crippen LogP contribution in [0.3, 0.4) is 0 Å². The fraction of sp³-hybridized carbons (Fsp3) is 0.500. The van der Waals surface area contributed by atoms with Gasteiger partial charge in [-0.3, -0.25) is 9.69 Å². The Bertz CT molecular complexity index is 388. The minimum atomic E-state index is -0.167. The second-order valence-corrected chi connectivity index (χ2v) is 4.41. The zero-order chi connectivity index (χ0) is 12.8. The predicted molar refractivity (Wildman–Crippen MR) is 68.9 cm³/mol. The van der Waals surface area contributed by atoms with Gasteiger partial charge in [-0.15, -0.1) is 0 Å². The summed E-state index contributed by atoms with van der Waals surface area (Å²) in [7, 11) is 1.93. The van der Waals surface area contributed by atoms with E-state index in [2.05, 4.69) is 32.0 Å². The van der Waals surface area contributed by atoms with Crippen LogP contribution in [-0.4, -0.2) is 31.1 Å². The van der Waals surface area contributed by atoms with Crippen LogP contribution in [0.2, 0.25) is 0 Å². The number of hydrogen-bond acceptors (Lipinski definition) is 3. The minimum absolute atomic E-state index is 0.167. The number of hydrogen-bond donors (Lipinski definition) is 0. The topological polar surface area (TPSA) is 29.5 Å². The molecule has 3 heteroatoms. The molecule has 0 unspecified atom stereocenters. The van der Waals surface area contributed by atoms with E-state index in [-0.39, 0.29) is 5.97 Å². The smallest absolute Gasteiger partial charge is 0.320 e. The van der Waals surface area contributed by atoms with Gasteiger partial charge in [0.2, 0.25) is 0 Å². The lowest BCUT2D eigenvalue weighted by Gasteiger charge is -2.17. The molecule has 0 aliphatic carbocycles. The molecule has 0 aromatic heterocycles. The number of nitrogens with zero attached hydrogens (tertiary/aromatic N) is 1. The van der Waals surface area contributed by atoms with Gasteiger partial charge < -0.3 is 4.74 Å². The second kappa shape index (κ2) is 6.40. The first-order valence-electron chi connectivity index (χ1n) is 5.93. The molecular weight excluding hydrogens is 214 g/mol. The number of rotatable bonds is 5. The van der Waals surface area contributed by atoms with E-state index < -0.39 is 0 Å². The van der Waals surface area contributed by atoms with Gasteiger partial charge in [0.05, 0.1) is 13.2 Å². The van der Waals surface area contributed by atoms with Gasteiger partial charge >= 0.3 is 5.97 Å². The van der Waals surface area contributed by atoms with E-state index in [1.807, 2.05) is 18.9 Å². The van der Waals surface area contributed by atoms with Gasteiger partial charge in [-0.05, 0) is 38.9 Å². The molecule has 0 saturated heterocycles. The maximum Gasteiger partial charge on any atom is 0.320 e. The summed E-state index contributed by atoms with van der Waals surface area (Å²) in [5.74, 6) is -0.167. The second-order valence-electron chi connectivity index (χ2n) is 4.41. The molecule has 0 bridgehead atoms. The molecule has 94 valence electrons. The number of esters is 1. The van der Waals surface area contributed by atoms with Gasteiger partial charge in [-0.25, -0.2) is 0 Å². The Hall–Kier alpha value is -1.35. The van der Waals surface area contributed by atoms with E-state index in [1.165, 1.54) is 16.7 Å². The summed E-state index contributed by atoms with van der Waals surface area (Å²) >= 11 is 0. The summed E-state index contributed by atoms with van der Waals surface area (Å²) in [5.41, 5.74) is 3.78. The molecule has 0 saturated carbocycles. The lowest BCUT2D eigenvalue weighted by molar-refractivity contribution is -0.144. The third-order valence-electron chi connectivity index (χ3n) is 2.64. The van der Waals surface area contributed by atoms with Gasteiger partial charge in [-0.2, -0.15) is 0 Å². The highest BCUT2D eigenvalue weighted by atomic mass is 16.5. The van der Waals surface area contributed by atoms with Crippen LogP contribution in [0.25, 0.3) is 0 Å². The third kappa shape index (κ3) is 4.57. The number of benzene rings is 1. The lowest BCUT2D eigenvalue weighted by Crippen LogP contribution is -2.27. The Morgan fingerprint density at radius 1 is 1.35 bits per heavy atom. The number of carbonyl (C=O) groups is 1. The Kier molecular flexibility index (Phi) is 5.16. The maximum absolute atomic E-state index is 11.3. The minimum Gasteiger partial charge on any atom is -0.465 e. The molecule has 0 fully saturated rings. The van der Waals surface area contributed by atoms with Gasteiger partial charge in [0, 0.05) is 6.54 Å². The Morgan fingerprint density at radius 3 is 2.65 bits per heavy atom. The number of carbonyl (C=O) groups excluding carboxylic acids is 1. The molecule has 1 rings (SSSR count). The molecule has 0 radical (unpaired) electrons. The number of aryl methyl sites for hydroxylation is 2. The largest absolute Gasteiger partial charge is 0.465 e. The quantitative estimate of drug-likeness (QED) is 0.733. The van der Waals surface area contributed by atoms with Crippen molar-refractivity contribution in [3.05, 3.63) is 34.9 Å². The fourth-order valence-electron chi connectivity index (χ4n) is 1.80. The van der Waals surface area contributed by atoms with Gasteiger partial charge in [0.15, 0.2) is 0 Å². The molecular formula is C14H21NO2. The maximum atomic E-state index is 11.3. The third-order valence-corrected chi connectivity index (χ3v) is 2.64. The van der Waals surface area contributed by atoms with Crippen LogP contribution in [0.5, 0.6) is 0 Å². The van der Waals surface area contributed by atoms with E-state index in [0.717, 1.165) is 6.54 Å². The molecule has 0 aliphatic rings. The van der Waals surface area contributed by atoms with Crippen LogP contribution in [0.15, 0.2) is 18.2 Å². The van der Waals surface area contributed by atoms with Crippen molar-refractivity contribution in [3.8, 4) is 0 Å². The predicted octanol–water partition coefficient (Wildman–Crippen LogP) is 2.30. The van der Waals surface area contributed by atoms with E-state index in [4.69, 9.17) is 4.74 Å². The van der Waals surface area contributed by atoms with Crippen molar-refractivity contribution in [1.29, 1.82) is 0 Å². The molecule has 17 heavy (non-hydrogen) atoms. The van der Waals surface area contributed by atoms with Crippen molar-refractivity contribution in [2.45, 2.75) is 27.3 Å². The molecule has 1 aromatic rings. The van der Waals surface area contributed by atoms with E-state index in [9.17, 15) is 4.79 Å². The Morgan fingerprint density at radius 2 is 2.06 bits per heavy atom. The molecule has 1 aromatic carbocycles. The van der Waals surface area contributed by atoms with Gasteiger partial charge in [-0.1, -0.05) is 23.8 Å². The van der Waals surface area contributed by atoms with Crippen LogP contribution in [0.4, 0.5) is 0 Å². The van der Waals surface area contributed by atoms with Crippen molar-refractivity contribution in [1.82, 2.24) is 4.90 Å². The monoisotopic (exact) mass is 235 g/mol. The lowest BCUT2D eigenvalue weighted by atomic mass is 10.1. The highest BCUT2D eigenvalue weighted by molar-refractivity contribution is 5.71. The van der Waals surface area contributed by atoms with E-state index >= 15 is 0 Å². The summed E-state index contributed by atoms with van der Waals surface area (Å²) in [5, 5.41) is 0. The van der Waals surface area contributed by atoms with Crippen LogP contribution in [0, 0.1) is 13.8 Å². The fourth-order valence-corrected chi connectivity index (χ4v) is 1.80. The molecule has 0 aliphatic heterocycles. The molecule has 0 amide bonds. The zero-order valence-electron chi connectivity index (χ0n) is 11.1. The highest BCUT2D eigenvalue weighted by Gasteiger charge is 2.08. The van der Waals surface area contributed by atoms with Crippen molar-refractivity contribution in [3.63, 3.8) is 0 Å². The molecule has 0 heterocycles. The summed E-state index contributed by atoms with van der Waals surface area (Å²) in [6.07, 6.45) is 0. The Labute approximate surface area is 103 Å². The summed E-state index contributed by atoms with van der Waals surface area (Å²) < 4.78 is 4.92. The van der Waals surface area contributed by atoms with Crippen LogP contribution >= 0.6 is 0 Å². The standard InChI is InChI=1S/C14H21NO2/c1-5-17-14(16)10-15(4)9-13-7-6-11(2)8-12(13)3/h6-8H,5,9-10H2,1-4H3. The van der Waals surface area contributed by atoms with E-state index in [1.54, 1.807) is 0 Å². The van der Waals surface area contributed by atoms with Gasteiger partial charge in [0.1, 0.15) is 0 Å². The van der Waals surface area contributed by atoms with Crippen LogP contribution < -0.4 is 0 Å². The first-order chi connectivity index (χ1) is 8.02. The molecule has 0 atom stereocenters. The number of likely N-dealkylation sites (N-methyl/N-ethyl adjacent to an activating group) is 1. The molecule has 0 N–H and O–H groups in total. The highest BCUT2D eigenvalue weighted by Crippen LogP contribution is 2.12. The normalized spacial score (nSPS) is 10.6.